The number of nitrogens with one attached hydrogen (secondary N) is 1. The Balaban J connectivity index is 1.87. The number of aromatic nitrogens is 2. The molecule has 0 spiro atoms. The van der Waals surface area contributed by atoms with Gasteiger partial charge in [-0.15, -0.1) is 0 Å². The van der Waals surface area contributed by atoms with Crippen LogP contribution in [0.1, 0.15) is 11.1 Å². The molecule has 0 saturated carbocycles. The number of halogens is 1. The lowest BCUT2D eigenvalue weighted by molar-refractivity contribution is 0.284. The van der Waals surface area contributed by atoms with Gasteiger partial charge in [-0.3, -0.25) is 4.72 Å². The molecule has 30 heavy (non-hydrogen) atoms. The number of ether oxygens (including phenoxy) is 3. The molecule has 0 unspecified atom stereocenters. The van der Waals surface area contributed by atoms with Gasteiger partial charge in [0.15, 0.2) is 0 Å². The number of aryl methyl sites for hydroxylation is 1. The van der Waals surface area contributed by atoms with E-state index >= 15 is 0 Å². The van der Waals surface area contributed by atoms with Crippen molar-refractivity contribution in [2.75, 3.05) is 18.9 Å². The third kappa shape index (κ3) is 5.19. The quantitative estimate of drug-likeness (QED) is 0.506. The highest BCUT2D eigenvalue weighted by atomic mass is 79.9. The van der Waals surface area contributed by atoms with E-state index in [2.05, 4.69) is 30.6 Å². The highest BCUT2D eigenvalue weighted by Crippen LogP contribution is 2.28. The molecule has 3 rings (SSSR count). The van der Waals surface area contributed by atoms with Gasteiger partial charge in [0.25, 0.3) is 15.9 Å². The maximum Gasteiger partial charge on any atom is 0.263 e. The highest BCUT2D eigenvalue weighted by Gasteiger charge is 2.19. The van der Waals surface area contributed by atoms with Gasteiger partial charge in [0, 0.05) is 5.56 Å². The molecule has 0 aliphatic carbocycles. The Morgan fingerprint density at radius 3 is 2.47 bits per heavy atom. The van der Waals surface area contributed by atoms with Gasteiger partial charge in [-0.1, -0.05) is 17.7 Å². The number of sulfonamides is 1. The minimum atomic E-state index is -3.86. The van der Waals surface area contributed by atoms with E-state index in [-0.39, 0.29) is 23.2 Å². The van der Waals surface area contributed by atoms with Gasteiger partial charge in [0.2, 0.25) is 5.82 Å². The topological polar surface area (TPSA) is 99.6 Å². The lowest BCUT2D eigenvalue weighted by Crippen LogP contribution is -2.15. The first kappa shape index (κ1) is 21.8. The average molecular weight is 494 g/mol. The smallest absolute Gasteiger partial charge is 0.263 e. The molecule has 1 heterocycles. The molecule has 0 saturated heterocycles. The van der Waals surface area contributed by atoms with Gasteiger partial charge in [-0.05, 0) is 53.2 Å². The van der Waals surface area contributed by atoms with Crippen LogP contribution in [0.5, 0.6) is 17.4 Å². The molecule has 1 N–H and O–H groups in total. The Labute approximate surface area is 183 Å². The maximum atomic E-state index is 12.7. The zero-order valence-electron chi connectivity index (χ0n) is 16.5. The van der Waals surface area contributed by atoms with E-state index in [1.807, 2.05) is 6.92 Å². The minimum Gasteiger partial charge on any atom is -0.497 e. The van der Waals surface area contributed by atoms with Crippen molar-refractivity contribution in [3.05, 3.63) is 64.4 Å². The van der Waals surface area contributed by atoms with E-state index in [0.29, 0.717) is 21.7 Å². The number of anilines is 1. The second-order valence-corrected chi connectivity index (χ2v) is 8.73. The fourth-order valence-electron chi connectivity index (χ4n) is 2.57. The predicted molar refractivity (Wildman–Crippen MR) is 116 cm³/mol. The standard InChI is InChI=1S/C20H20BrN3O5S/c1-13-4-7-16(8-5-13)30(25,26)24-19-20(23-18(21)11-22-19)29-12-14-10-15(27-2)6-9-17(14)28-3/h4-11H,12H2,1-3H3,(H,22,24). The fourth-order valence-corrected chi connectivity index (χ4v) is 3.84. The molecule has 2 aromatic carbocycles. The summed E-state index contributed by atoms with van der Waals surface area (Å²) in [5.41, 5.74) is 1.65. The number of benzene rings is 2. The van der Waals surface area contributed by atoms with Crippen molar-refractivity contribution in [3.8, 4) is 17.4 Å². The molecule has 158 valence electrons. The molecule has 0 aliphatic rings. The van der Waals surface area contributed by atoms with E-state index in [1.54, 1.807) is 44.6 Å². The van der Waals surface area contributed by atoms with Crippen molar-refractivity contribution in [3.63, 3.8) is 0 Å². The number of nitrogens with zero attached hydrogens (tertiary/aromatic N) is 2. The van der Waals surface area contributed by atoms with Crippen LogP contribution in [0.2, 0.25) is 0 Å². The second kappa shape index (κ2) is 9.31. The molecular formula is C20H20BrN3O5S. The van der Waals surface area contributed by atoms with Crippen LogP contribution in [-0.4, -0.2) is 32.6 Å². The van der Waals surface area contributed by atoms with E-state index in [9.17, 15) is 8.42 Å². The summed E-state index contributed by atoms with van der Waals surface area (Å²) in [5.74, 6) is 1.22. The molecule has 0 radical (unpaired) electrons. The number of methoxy groups -OCH3 is 2. The average Bonchev–Trinajstić information content (AvgIpc) is 2.73. The van der Waals surface area contributed by atoms with Gasteiger partial charge >= 0.3 is 0 Å². The number of rotatable bonds is 8. The van der Waals surface area contributed by atoms with Crippen LogP contribution >= 0.6 is 15.9 Å². The SMILES string of the molecule is COc1ccc(OC)c(COc2nc(Br)cnc2NS(=O)(=O)c2ccc(C)cc2)c1. The monoisotopic (exact) mass is 493 g/mol. The largest absolute Gasteiger partial charge is 0.497 e. The first-order chi connectivity index (χ1) is 14.3. The summed E-state index contributed by atoms with van der Waals surface area (Å²) in [5, 5.41) is 0. The van der Waals surface area contributed by atoms with Crippen LogP contribution < -0.4 is 18.9 Å². The third-order valence-corrected chi connectivity index (χ3v) is 5.86. The highest BCUT2D eigenvalue weighted by molar-refractivity contribution is 9.10. The first-order valence-corrected chi connectivity index (χ1v) is 11.1. The molecule has 3 aromatic rings. The van der Waals surface area contributed by atoms with Crippen molar-refractivity contribution < 1.29 is 22.6 Å². The van der Waals surface area contributed by atoms with Crippen LogP contribution in [0.15, 0.2) is 58.2 Å². The van der Waals surface area contributed by atoms with Crippen molar-refractivity contribution in [2.45, 2.75) is 18.4 Å². The lowest BCUT2D eigenvalue weighted by Gasteiger charge is -2.14. The zero-order valence-corrected chi connectivity index (χ0v) is 19.0. The molecule has 1 aromatic heterocycles. The van der Waals surface area contributed by atoms with Crippen LogP contribution in [0.4, 0.5) is 5.82 Å². The second-order valence-electron chi connectivity index (χ2n) is 6.23. The summed E-state index contributed by atoms with van der Waals surface area (Å²) < 4.78 is 44.6. The minimum absolute atomic E-state index is 0.0185. The van der Waals surface area contributed by atoms with Gasteiger partial charge in [0.05, 0.1) is 25.3 Å². The van der Waals surface area contributed by atoms with Gasteiger partial charge in [0.1, 0.15) is 22.7 Å². The van der Waals surface area contributed by atoms with E-state index in [4.69, 9.17) is 14.2 Å². The molecule has 0 atom stereocenters. The van der Waals surface area contributed by atoms with Crippen LogP contribution in [0.25, 0.3) is 0 Å². The first-order valence-electron chi connectivity index (χ1n) is 8.78. The van der Waals surface area contributed by atoms with Crippen molar-refractivity contribution in [2.24, 2.45) is 0 Å². The maximum absolute atomic E-state index is 12.7. The number of hydrogen-bond donors (Lipinski definition) is 1. The van der Waals surface area contributed by atoms with Crippen LogP contribution in [0.3, 0.4) is 0 Å². The number of hydrogen-bond acceptors (Lipinski definition) is 7. The zero-order chi connectivity index (χ0) is 21.7. The Hall–Kier alpha value is -2.85. The summed E-state index contributed by atoms with van der Waals surface area (Å²) in [6.07, 6.45) is 1.38. The molecule has 0 bridgehead atoms. The molecule has 0 fully saturated rings. The van der Waals surface area contributed by atoms with Gasteiger partial charge < -0.3 is 14.2 Å². The van der Waals surface area contributed by atoms with Gasteiger partial charge in [-0.25, -0.2) is 18.4 Å². The molecule has 10 heteroatoms. The molecule has 0 amide bonds. The molecule has 0 aliphatic heterocycles. The van der Waals surface area contributed by atoms with E-state index in [0.717, 1.165) is 5.56 Å². The summed E-state index contributed by atoms with van der Waals surface area (Å²) >= 11 is 3.23. The molecule has 8 nitrogen and oxygen atoms in total. The summed E-state index contributed by atoms with van der Waals surface area (Å²) in [4.78, 5) is 8.44. The summed E-state index contributed by atoms with van der Waals surface area (Å²) in [6, 6.07) is 11.8. The summed E-state index contributed by atoms with van der Waals surface area (Å²) in [7, 11) is -0.758. The Morgan fingerprint density at radius 2 is 1.80 bits per heavy atom. The Kier molecular flexibility index (Phi) is 6.78. The lowest BCUT2D eigenvalue weighted by atomic mass is 10.2. The van der Waals surface area contributed by atoms with E-state index in [1.165, 1.54) is 18.3 Å². The Bertz CT molecular complexity index is 1140. The van der Waals surface area contributed by atoms with Gasteiger partial charge in [-0.2, -0.15) is 0 Å². The van der Waals surface area contributed by atoms with Crippen LogP contribution in [-0.2, 0) is 16.6 Å². The fraction of sp³-hybridized carbons (Fsp3) is 0.200. The third-order valence-electron chi connectivity index (χ3n) is 4.13. The van der Waals surface area contributed by atoms with Crippen molar-refractivity contribution in [1.82, 2.24) is 9.97 Å². The summed E-state index contributed by atoms with van der Waals surface area (Å²) in [6.45, 7) is 1.94. The normalized spacial score (nSPS) is 11.1. The van der Waals surface area contributed by atoms with Crippen molar-refractivity contribution >= 4 is 31.8 Å². The Morgan fingerprint density at radius 1 is 1.07 bits per heavy atom. The van der Waals surface area contributed by atoms with Crippen LogP contribution in [0, 0.1) is 6.92 Å². The van der Waals surface area contributed by atoms with Crippen molar-refractivity contribution in [1.29, 1.82) is 0 Å². The predicted octanol–water partition coefficient (Wildman–Crippen LogP) is 3.94. The van der Waals surface area contributed by atoms with E-state index < -0.39 is 10.0 Å². The molecular weight excluding hydrogens is 474 g/mol.